The first kappa shape index (κ1) is 6.86. The SMILES string of the molecule is C/C=C\C1=C(C=N)OCO1. The van der Waals surface area contributed by atoms with Crippen molar-refractivity contribution in [3.8, 4) is 0 Å². The van der Waals surface area contributed by atoms with Crippen LogP contribution in [0.3, 0.4) is 0 Å². The minimum absolute atomic E-state index is 0.227. The topological polar surface area (TPSA) is 42.3 Å². The molecule has 0 amide bonds. The molecule has 0 aromatic carbocycles. The van der Waals surface area contributed by atoms with Gasteiger partial charge in [-0.2, -0.15) is 0 Å². The third-order valence-corrected chi connectivity index (χ3v) is 1.12. The first-order valence-electron chi connectivity index (χ1n) is 3.01. The van der Waals surface area contributed by atoms with E-state index in [2.05, 4.69) is 0 Å². The Hall–Kier alpha value is -1.25. The largest absolute Gasteiger partial charge is 0.454 e. The van der Waals surface area contributed by atoms with Crippen LogP contribution in [-0.2, 0) is 9.47 Å². The lowest BCUT2D eigenvalue weighted by molar-refractivity contribution is 0.0799. The Kier molecular flexibility index (Phi) is 2.10. The molecule has 0 bridgehead atoms. The maximum atomic E-state index is 6.89. The fourth-order valence-electron chi connectivity index (χ4n) is 0.693. The van der Waals surface area contributed by atoms with Crippen LogP contribution in [0.15, 0.2) is 23.7 Å². The van der Waals surface area contributed by atoms with Crippen molar-refractivity contribution in [2.24, 2.45) is 0 Å². The maximum Gasteiger partial charge on any atom is 0.231 e. The summed E-state index contributed by atoms with van der Waals surface area (Å²) >= 11 is 0. The van der Waals surface area contributed by atoms with Crippen LogP contribution in [0, 0.1) is 5.41 Å². The molecule has 1 N–H and O–H groups in total. The Balaban J connectivity index is 2.77. The molecule has 0 spiro atoms. The highest BCUT2D eigenvalue weighted by Gasteiger charge is 2.11. The first-order chi connectivity index (χ1) is 4.88. The van der Waals surface area contributed by atoms with Gasteiger partial charge in [-0.1, -0.05) is 6.08 Å². The highest BCUT2D eigenvalue weighted by molar-refractivity contribution is 5.74. The van der Waals surface area contributed by atoms with E-state index in [0.29, 0.717) is 11.5 Å². The standard InChI is InChI=1S/C7H9NO2/c1-2-3-6-7(4-8)10-5-9-6/h2-4,8H,5H2,1H3/b3-2-,8-4?. The third kappa shape index (κ3) is 1.18. The molecule has 0 saturated heterocycles. The van der Waals surface area contributed by atoms with Crippen molar-refractivity contribution in [3.05, 3.63) is 23.7 Å². The Morgan fingerprint density at radius 2 is 2.10 bits per heavy atom. The fraction of sp³-hybridized carbons (Fsp3) is 0.286. The van der Waals surface area contributed by atoms with E-state index in [1.807, 2.05) is 13.0 Å². The summed E-state index contributed by atoms with van der Waals surface area (Å²) in [6.45, 7) is 2.11. The molecule has 0 atom stereocenters. The predicted octanol–water partition coefficient (Wildman–Crippen LogP) is 1.43. The van der Waals surface area contributed by atoms with Gasteiger partial charge in [0.05, 0.1) is 6.21 Å². The predicted molar refractivity (Wildman–Crippen MR) is 37.7 cm³/mol. The van der Waals surface area contributed by atoms with Gasteiger partial charge < -0.3 is 14.9 Å². The van der Waals surface area contributed by atoms with Crippen LogP contribution in [0.4, 0.5) is 0 Å². The molecule has 0 fully saturated rings. The van der Waals surface area contributed by atoms with Crippen molar-refractivity contribution in [1.29, 1.82) is 5.41 Å². The Labute approximate surface area is 59.5 Å². The second-order valence-corrected chi connectivity index (χ2v) is 1.78. The molecule has 1 aliphatic rings. The molecule has 1 heterocycles. The van der Waals surface area contributed by atoms with Gasteiger partial charge in [0.1, 0.15) is 0 Å². The smallest absolute Gasteiger partial charge is 0.231 e. The van der Waals surface area contributed by atoms with Crippen molar-refractivity contribution in [1.82, 2.24) is 0 Å². The minimum atomic E-state index is 0.227. The lowest BCUT2D eigenvalue weighted by atomic mass is 10.4. The summed E-state index contributed by atoms with van der Waals surface area (Å²) in [4.78, 5) is 0. The minimum Gasteiger partial charge on any atom is -0.454 e. The normalized spacial score (nSPS) is 17.3. The van der Waals surface area contributed by atoms with Crippen molar-refractivity contribution in [3.63, 3.8) is 0 Å². The second-order valence-electron chi connectivity index (χ2n) is 1.78. The number of rotatable bonds is 2. The summed E-state index contributed by atoms with van der Waals surface area (Å²) in [5.41, 5.74) is 0. The maximum absolute atomic E-state index is 6.89. The fourth-order valence-corrected chi connectivity index (χ4v) is 0.693. The van der Waals surface area contributed by atoms with E-state index < -0.39 is 0 Å². The van der Waals surface area contributed by atoms with E-state index >= 15 is 0 Å². The molecule has 0 radical (unpaired) electrons. The van der Waals surface area contributed by atoms with Crippen LogP contribution < -0.4 is 0 Å². The van der Waals surface area contributed by atoms with Gasteiger partial charge in [-0.15, -0.1) is 0 Å². The molecule has 0 aromatic rings. The average Bonchev–Trinajstić information content (AvgIpc) is 2.36. The lowest BCUT2D eigenvalue weighted by Crippen LogP contribution is -1.84. The van der Waals surface area contributed by atoms with E-state index in [-0.39, 0.29) is 6.79 Å². The molecule has 1 rings (SSSR count). The molecule has 0 unspecified atom stereocenters. The van der Waals surface area contributed by atoms with E-state index in [1.165, 1.54) is 0 Å². The number of hydrogen-bond donors (Lipinski definition) is 1. The van der Waals surface area contributed by atoms with Gasteiger partial charge in [-0.05, 0) is 13.0 Å². The average molecular weight is 139 g/mol. The molecular weight excluding hydrogens is 130 g/mol. The Bertz CT molecular complexity index is 194. The summed E-state index contributed by atoms with van der Waals surface area (Å²) in [5, 5.41) is 6.89. The van der Waals surface area contributed by atoms with Crippen LogP contribution in [-0.4, -0.2) is 13.0 Å². The summed E-state index contributed by atoms with van der Waals surface area (Å²) in [6, 6.07) is 0. The molecule has 10 heavy (non-hydrogen) atoms. The summed E-state index contributed by atoms with van der Waals surface area (Å²) in [7, 11) is 0. The second kappa shape index (κ2) is 3.06. The monoisotopic (exact) mass is 139 g/mol. The van der Waals surface area contributed by atoms with Crippen LogP contribution in [0.1, 0.15) is 6.92 Å². The molecule has 0 aromatic heterocycles. The molecule has 0 aliphatic carbocycles. The number of hydrogen-bond acceptors (Lipinski definition) is 3. The van der Waals surface area contributed by atoms with Gasteiger partial charge in [0, 0.05) is 0 Å². The number of nitrogens with one attached hydrogen (secondary N) is 1. The molecule has 54 valence electrons. The molecular formula is C7H9NO2. The Morgan fingerprint density at radius 1 is 1.40 bits per heavy atom. The first-order valence-corrected chi connectivity index (χ1v) is 3.01. The molecule has 3 heteroatoms. The Morgan fingerprint density at radius 3 is 2.70 bits per heavy atom. The van der Waals surface area contributed by atoms with Crippen LogP contribution in [0.5, 0.6) is 0 Å². The van der Waals surface area contributed by atoms with Crippen molar-refractivity contribution in [2.45, 2.75) is 6.92 Å². The van der Waals surface area contributed by atoms with E-state index in [4.69, 9.17) is 14.9 Å². The lowest BCUT2D eigenvalue weighted by Gasteiger charge is -1.89. The van der Waals surface area contributed by atoms with Gasteiger partial charge in [0.15, 0.2) is 11.5 Å². The zero-order chi connectivity index (χ0) is 7.40. The third-order valence-electron chi connectivity index (χ3n) is 1.12. The molecule has 1 aliphatic heterocycles. The quantitative estimate of drug-likeness (QED) is 0.588. The summed E-state index contributed by atoms with van der Waals surface area (Å²) in [6.07, 6.45) is 4.75. The van der Waals surface area contributed by atoms with Crippen molar-refractivity contribution in [2.75, 3.05) is 6.79 Å². The zero-order valence-electron chi connectivity index (χ0n) is 5.76. The molecule has 3 nitrogen and oxygen atoms in total. The summed E-state index contributed by atoms with van der Waals surface area (Å²) < 4.78 is 9.95. The summed E-state index contributed by atoms with van der Waals surface area (Å²) in [5.74, 6) is 1.13. The number of allylic oxidation sites excluding steroid dienone is 3. The van der Waals surface area contributed by atoms with E-state index in [1.54, 1.807) is 6.08 Å². The van der Waals surface area contributed by atoms with Crippen molar-refractivity contribution >= 4 is 6.21 Å². The zero-order valence-corrected chi connectivity index (χ0v) is 5.76. The highest BCUT2D eigenvalue weighted by Crippen LogP contribution is 2.14. The van der Waals surface area contributed by atoms with Gasteiger partial charge in [0.25, 0.3) is 0 Å². The van der Waals surface area contributed by atoms with Gasteiger partial charge in [0.2, 0.25) is 6.79 Å². The van der Waals surface area contributed by atoms with Gasteiger partial charge >= 0.3 is 0 Å². The van der Waals surface area contributed by atoms with E-state index in [9.17, 15) is 0 Å². The molecule has 0 saturated carbocycles. The highest BCUT2D eigenvalue weighted by atomic mass is 16.7. The number of ether oxygens (including phenoxy) is 2. The van der Waals surface area contributed by atoms with Crippen molar-refractivity contribution < 1.29 is 9.47 Å². The van der Waals surface area contributed by atoms with Gasteiger partial charge in [-0.25, -0.2) is 0 Å². The van der Waals surface area contributed by atoms with Gasteiger partial charge in [-0.3, -0.25) is 0 Å². The van der Waals surface area contributed by atoms with Crippen LogP contribution >= 0.6 is 0 Å². The van der Waals surface area contributed by atoms with E-state index in [0.717, 1.165) is 6.21 Å². The van der Waals surface area contributed by atoms with Crippen LogP contribution in [0.2, 0.25) is 0 Å². The van der Waals surface area contributed by atoms with Crippen LogP contribution in [0.25, 0.3) is 0 Å².